The Hall–Kier alpha value is -2.33. The van der Waals surface area contributed by atoms with Crippen molar-refractivity contribution in [2.75, 3.05) is 31.6 Å². The van der Waals surface area contributed by atoms with E-state index in [1.54, 1.807) is 10.9 Å². The highest BCUT2D eigenvalue weighted by Crippen LogP contribution is 2.38. The van der Waals surface area contributed by atoms with E-state index in [1.807, 2.05) is 30.1 Å². The van der Waals surface area contributed by atoms with E-state index in [4.69, 9.17) is 16.3 Å². The number of aromatic nitrogens is 4. The van der Waals surface area contributed by atoms with Crippen molar-refractivity contribution < 1.29 is 14.2 Å². The molecule has 0 radical (unpaired) electrons. The van der Waals surface area contributed by atoms with Crippen LogP contribution in [0.2, 0.25) is 5.02 Å². The number of ether oxygens (including phenoxy) is 1. The minimum absolute atomic E-state index is 0.0745. The van der Waals surface area contributed by atoms with E-state index in [0.29, 0.717) is 42.7 Å². The molecule has 188 valence electrons. The molecule has 2 aliphatic rings. The number of aliphatic hydroxyl groups excluding tert-OH is 1. The van der Waals surface area contributed by atoms with Gasteiger partial charge in [-0.25, -0.2) is 14.4 Å². The highest BCUT2D eigenvalue weighted by Gasteiger charge is 2.39. The lowest BCUT2D eigenvalue weighted by Crippen LogP contribution is -2.50. The van der Waals surface area contributed by atoms with Crippen LogP contribution in [0.25, 0.3) is 10.9 Å². The lowest BCUT2D eigenvalue weighted by molar-refractivity contribution is 0.0353. The Bertz CT molecular complexity index is 1230. The van der Waals surface area contributed by atoms with Crippen LogP contribution in [0, 0.1) is 0 Å². The van der Waals surface area contributed by atoms with Crippen LogP contribution >= 0.6 is 11.6 Å². The first kappa shape index (κ1) is 24.4. The molecule has 0 amide bonds. The van der Waals surface area contributed by atoms with Crippen molar-refractivity contribution in [3.05, 3.63) is 40.7 Å². The molecule has 8 nitrogen and oxygen atoms in total. The van der Waals surface area contributed by atoms with Crippen LogP contribution in [0.5, 0.6) is 0 Å². The summed E-state index contributed by atoms with van der Waals surface area (Å²) >= 11 is 6.60. The van der Waals surface area contributed by atoms with Gasteiger partial charge in [-0.2, -0.15) is 5.10 Å². The monoisotopic (exact) mass is 502 g/mol. The number of nitrogens with zero attached hydrogens (tertiary/aromatic N) is 5. The van der Waals surface area contributed by atoms with Gasteiger partial charge in [-0.05, 0) is 30.7 Å². The van der Waals surface area contributed by atoms with Crippen molar-refractivity contribution in [2.45, 2.75) is 56.8 Å². The average molecular weight is 503 g/mol. The van der Waals surface area contributed by atoms with Crippen LogP contribution < -0.4 is 5.32 Å². The third-order valence-electron chi connectivity index (χ3n) is 7.05. The van der Waals surface area contributed by atoms with E-state index in [1.165, 1.54) is 0 Å². The van der Waals surface area contributed by atoms with Gasteiger partial charge in [-0.15, -0.1) is 0 Å². The fourth-order valence-corrected chi connectivity index (χ4v) is 5.25. The van der Waals surface area contributed by atoms with Crippen LogP contribution in [0.4, 0.5) is 16.2 Å². The number of benzene rings is 1. The normalized spacial score (nSPS) is 25.9. The quantitative estimate of drug-likeness (QED) is 0.558. The third-order valence-corrected chi connectivity index (χ3v) is 7.38. The second-order valence-electron chi connectivity index (χ2n) is 10.6. The molecule has 2 fully saturated rings. The second-order valence-corrected chi connectivity index (χ2v) is 11.0. The number of alkyl halides is 1. The van der Waals surface area contributed by atoms with Crippen LogP contribution in [-0.4, -0.2) is 74.4 Å². The van der Waals surface area contributed by atoms with E-state index in [0.717, 1.165) is 22.5 Å². The predicted octanol–water partition coefficient (Wildman–Crippen LogP) is 3.94. The smallest absolute Gasteiger partial charge is 0.228 e. The third kappa shape index (κ3) is 4.87. The first-order valence-electron chi connectivity index (χ1n) is 12.0. The number of nitrogens with one attached hydrogen (secondary N) is 1. The van der Waals surface area contributed by atoms with Gasteiger partial charge in [0, 0.05) is 47.6 Å². The maximum absolute atomic E-state index is 15.4. The summed E-state index contributed by atoms with van der Waals surface area (Å²) in [4.78, 5) is 11.1. The lowest BCUT2D eigenvalue weighted by atomic mass is 9.86. The number of rotatable bonds is 4. The molecule has 5 rings (SSSR count). The lowest BCUT2D eigenvalue weighted by Gasteiger charge is -2.39. The number of hydrogen-bond donors (Lipinski definition) is 2. The number of hydrogen-bond acceptors (Lipinski definition) is 7. The molecule has 4 atom stereocenters. The minimum Gasteiger partial charge on any atom is -0.389 e. The number of fused-ring (bicyclic) bond motifs is 1. The summed E-state index contributed by atoms with van der Waals surface area (Å²) in [6.07, 6.45) is 0.662. The largest absolute Gasteiger partial charge is 0.389 e. The molecule has 0 saturated carbocycles. The Morgan fingerprint density at radius 1 is 1.23 bits per heavy atom. The number of piperidine rings is 1. The van der Waals surface area contributed by atoms with E-state index >= 15 is 4.39 Å². The molecule has 10 heteroatoms. The molecule has 0 aliphatic carbocycles. The topological polar surface area (TPSA) is 88.3 Å². The molecule has 2 aromatic heterocycles. The fraction of sp³-hybridized carbons (Fsp3) is 0.560. The first-order chi connectivity index (χ1) is 16.6. The Morgan fingerprint density at radius 2 is 2.03 bits per heavy atom. The minimum atomic E-state index is -1.10. The Morgan fingerprint density at radius 3 is 2.69 bits per heavy atom. The summed E-state index contributed by atoms with van der Waals surface area (Å²) in [6.45, 7) is 8.02. The molecule has 0 spiro atoms. The van der Waals surface area contributed by atoms with Gasteiger partial charge < -0.3 is 15.2 Å². The predicted molar refractivity (Wildman–Crippen MR) is 134 cm³/mol. The Kier molecular flexibility index (Phi) is 6.46. The molecular weight excluding hydrogens is 471 g/mol. The maximum Gasteiger partial charge on any atom is 0.228 e. The molecule has 2 saturated heterocycles. The van der Waals surface area contributed by atoms with E-state index in [9.17, 15) is 5.11 Å². The van der Waals surface area contributed by atoms with Gasteiger partial charge >= 0.3 is 0 Å². The maximum atomic E-state index is 15.4. The standard InChI is InChI=1S/C25H32ClFN6O2/c1-25(2,3)22-9-23(32(4)31-22)30-24-28-10-14-7-17(26)16(8-19(14)29-24)15-5-6-33(11-18(15)27)20-12-35-13-21(20)34/h7-10,15,18,20-21,34H,5-6,11-13H2,1-4H3,(H,28,29,30). The number of halogens is 2. The molecule has 2 aliphatic heterocycles. The van der Waals surface area contributed by atoms with Gasteiger partial charge in [0.1, 0.15) is 12.0 Å². The Balaban J connectivity index is 1.38. The van der Waals surface area contributed by atoms with Crippen molar-refractivity contribution in [3.63, 3.8) is 0 Å². The zero-order valence-electron chi connectivity index (χ0n) is 20.5. The molecule has 35 heavy (non-hydrogen) atoms. The van der Waals surface area contributed by atoms with Crippen LogP contribution in [-0.2, 0) is 17.2 Å². The van der Waals surface area contributed by atoms with Gasteiger partial charge in [-0.1, -0.05) is 32.4 Å². The van der Waals surface area contributed by atoms with Crippen molar-refractivity contribution >= 4 is 34.3 Å². The number of aliphatic hydroxyl groups is 1. The molecule has 1 aromatic carbocycles. The summed E-state index contributed by atoms with van der Waals surface area (Å²) in [5.74, 6) is 0.897. The van der Waals surface area contributed by atoms with Crippen LogP contribution in [0.15, 0.2) is 24.4 Å². The molecule has 4 unspecified atom stereocenters. The van der Waals surface area contributed by atoms with Gasteiger partial charge in [0.05, 0.1) is 36.6 Å². The zero-order chi connectivity index (χ0) is 24.9. The average Bonchev–Trinajstić information content (AvgIpc) is 3.39. The molecule has 2 N–H and O–H groups in total. The summed E-state index contributed by atoms with van der Waals surface area (Å²) in [5, 5.41) is 19.3. The first-order valence-corrected chi connectivity index (χ1v) is 12.4. The second kappa shape index (κ2) is 9.28. The summed E-state index contributed by atoms with van der Waals surface area (Å²) in [7, 11) is 1.88. The molecular formula is C25H32ClFN6O2. The highest BCUT2D eigenvalue weighted by atomic mass is 35.5. The van der Waals surface area contributed by atoms with Crippen LogP contribution in [0.1, 0.15) is 44.4 Å². The van der Waals surface area contributed by atoms with Crippen molar-refractivity contribution in [2.24, 2.45) is 7.05 Å². The SMILES string of the molecule is Cn1nc(C(C)(C)C)cc1Nc1ncc2cc(Cl)c(C3CCN(C4COCC4O)CC3F)cc2n1. The molecule has 0 bridgehead atoms. The fourth-order valence-electron chi connectivity index (χ4n) is 4.94. The Labute approximate surface area is 209 Å². The van der Waals surface area contributed by atoms with Gasteiger partial charge in [0.2, 0.25) is 5.95 Å². The van der Waals surface area contributed by atoms with Crippen molar-refractivity contribution in [1.29, 1.82) is 0 Å². The summed E-state index contributed by atoms with van der Waals surface area (Å²) < 4.78 is 22.5. The van der Waals surface area contributed by atoms with Crippen LogP contribution in [0.3, 0.4) is 0 Å². The van der Waals surface area contributed by atoms with E-state index < -0.39 is 12.3 Å². The van der Waals surface area contributed by atoms with Crippen molar-refractivity contribution in [1.82, 2.24) is 24.6 Å². The van der Waals surface area contributed by atoms with E-state index in [2.05, 4.69) is 41.2 Å². The molecule has 4 heterocycles. The van der Waals surface area contributed by atoms with Crippen molar-refractivity contribution in [3.8, 4) is 0 Å². The number of likely N-dealkylation sites (tertiary alicyclic amines) is 1. The molecule has 3 aromatic rings. The highest BCUT2D eigenvalue weighted by molar-refractivity contribution is 6.32. The van der Waals surface area contributed by atoms with Gasteiger partial charge in [-0.3, -0.25) is 9.58 Å². The van der Waals surface area contributed by atoms with Gasteiger partial charge in [0.25, 0.3) is 0 Å². The number of anilines is 2. The number of aryl methyl sites for hydroxylation is 1. The van der Waals surface area contributed by atoms with Gasteiger partial charge in [0.15, 0.2) is 0 Å². The zero-order valence-corrected chi connectivity index (χ0v) is 21.3. The summed E-state index contributed by atoms with van der Waals surface area (Å²) in [5.41, 5.74) is 2.35. The van der Waals surface area contributed by atoms with E-state index in [-0.39, 0.29) is 23.9 Å². The summed E-state index contributed by atoms with van der Waals surface area (Å²) in [6, 6.07) is 5.54.